The van der Waals surface area contributed by atoms with Crippen LogP contribution >= 0.6 is 23.1 Å². The Morgan fingerprint density at radius 1 is 1.26 bits per heavy atom. The van der Waals surface area contributed by atoms with Crippen molar-refractivity contribution in [3.63, 3.8) is 0 Å². The van der Waals surface area contributed by atoms with E-state index in [0.29, 0.717) is 5.82 Å². The number of nitrogen functional groups attached to an aromatic ring is 1. The fourth-order valence-electron chi connectivity index (χ4n) is 3.26. The van der Waals surface area contributed by atoms with E-state index < -0.39 is 0 Å². The lowest BCUT2D eigenvalue weighted by molar-refractivity contribution is -0.929. The van der Waals surface area contributed by atoms with E-state index >= 15 is 0 Å². The van der Waals surface area contributed by atoms with Crippen LogP contribution in [0.5, 0.6) is 0 Å². The first-order chi connectivity index (χ1) is 11.2. The summed E-state index contributed by atoms with van der Waals surface area (Å²) in [4.78, 5) is 13.1. The van der Waals surface area contributed by atoms with Gasteiger partial charge in [-0.2, -0.15) is 0 Å². The Morgan fingerprint density at radius 2 is 2.09 bits per heavy atom. The summed E-state index contributed by atoms with van der Waals surface area (Å²) in [5, 5.41) is 1.86. The van der Waals surface area contributed by atoms with Gasteiger partial charge in [0.25, 0.3) is 0 Å². The molecule has 0 saturated heterocycles. The molecule has 3 N–H and O–H groups in total. The number of thioether (sulfide) groups is 1. The van der Waals surface area contributed by atoms with Crippen molar-refractivity contribution in [3.05, 3.63) is 46.3 Å². The molecule has 0 saturated carbocycles. The molecule has 118 valence electrons. The number of anilines is 1. The minimum Gasteiger partial charge on any atom is -0.383 e. The average molecular weight is 344 g/mol. The highest BCUT2D eigenvalue weighted by Crippen LogP contribution is 2.35. The maximum Gasteiger partial charge on any atom is 0.190 e. The van der Waals surface area contributed by atoms with Crippen LogP contribution < -0.4 is 10.6 Å². The van der Waals surface area contributed by atoms with Crippen LogP contribution in [0.15, 0.2) is 35.5 Å². The summed E-state index contributed by atoms with van der Waals surface area (Å²) in [7, 11) is 0. The second-order valence-corrected chi connectivity index (χ2v) is 7.73. The van der Waals surface area contributed by atoms with Gasteiger partial charge in [0.05, 0.1) is 16.8 Å². The Hall–Kier alpha value is -1.63. The molecule has 0 spiro atoms. The predicted molar refractivity (Wildman–Crippen MR) is 97.0 cm³/mol. The molecule has 3 aromatic rings. The van der Waals surface area contributed by atoms with Crippen molar-refractivity contribution in [1.82, 2.24) is 9.97 Å². The van der Waals surface area contributed by atoms with Crippen molar-refractivity contribution < 1.29 is 4.90 Å². The van der Waals surface area contributed by atoms with Gasteiger partial charge in [0.2, 0.25) is 0 Å². The lowest BCUT2D eigenvalue weighted by Gasteiger charge is -2.24. The van der Waals surface area contributed by atoms with Crippen molar-refractivity contribution in [2.24, 2.45) is 0 Å². The minimum absolute atomic E-state index is 0.642. The first-order valence-corrected chi connectivity index (χ1v) is 9.78. The topological polar surface area (TPSA) is 56.2 Å². The van der Waals surface area contributed by atoms with Crippen LogP contribution in [0.3, 0.4) is 0 Å². The number of thiophene rings is 1. The maximum absolute atomic E-state index is 6.19. The number of fused-ring (bicyclic) bond motifs is 3. The molecule has 6 heteroatoms. The second kappa shape index (κ2) is 6.11. The van der Waals surface area contributed by atoms with Crippen LogP contribution in [0.2, 0.25) is 0 Å². The molecule has 0 amide bonds. The number of benzene rings is 1. The molecule has 1 aliphatic rings. The molecule has 2 aromatic heterocycles. The van der Waals surface area contributed by atoms with Gasteiger partial charge in [-0.1, -0.05) is 42.1 Å². The molecular weight excluding hydrogens is 324 g/mol. The number of rotatable bonds is 3. The van der Waals surface area contributed by atoms with E-state index in [9.17, 15) is 0 Å². The SMILES string of the molecule is CSc1nc(N)c2c3c(sc2n1)C[NH+](Cc1ccccc1)CC3. The molecule has 4 rings (SSSR count). The van der Waals surface area contributed by atoms with E-state index in [1.807, 2.05) is 6.26 Å². The van der Waals surface area contributed by atoms with Crippen molar-refractivity contribution in [1.29, 1.82) is 0 Å². The third-order valence-electron chi connectivity index (χ3n) is 4.36. The van der Waals surface area contributed by atoms with E-state index in [2.05, 4.69) is 40.3 Å². The lowest BCUT2D eigenvalue weighted by Crippen LogP contribution is -3.10. The van der Waals surface area contributed by atoms with Gasteiger partial charge in [0.1, 0.15) is 23.7 Å². The molecule has 1 aliphatic heterocycles. The highest BCUT2D eigenvalue weighted by Gasteiger charge is 2.26. The molecule has 0 fully saturated rings. The van der Waals surface area contributed by atoms with E-state index in [0.717, 1.165) is 41.4 Å². The zero-order chi connectivity index (χ0) is 15.8. The van der Waals surface area contributed by atoms with E-state index in [4.69, 9.17) is 5.73 Å². The Kier molecular flexibility index (Phi) is 3.97. The number of nitrogens with one attached hydrogen (secondary N) is 1. The number of hydrogen-bond acceptors (Lipinski definition) is 5. The van der Waals surface area contributed by atoms with Gasteiger partial charge in [-0.15, -0.1) is 11.3 Å². The van der Waals surface area contributed by atoms with Gasteiger partial charge in [-0.25, -0.2) is 9.97 Å². The number of quaternary nitrogens is 1. The molecule has 0 bridgehead atoms. The van der Waals surface area contributed by atoms with E-state index in [1.165, 1.54) is 16.0 Å². The molecule has 1 aromatic carbocycles. The van der Waals surface area contributed by atoms with Crippen LogP contribution in [0.4, 0.5) is 5.82 Å². The molecule has 4 nitrogen and oxygen atoms in total. The van der Waals surface area contributed by atoms with Gasteiger partial charge in [0, 0.05) is 12.0 Å². The number of nitrogens with zero attached hydrogens (tertiary/aromatic N) is 2. The van der Waals surface area contributed by atoms with Crippen molar-refractivity contribution in [2.75, 3.05) is 18.5 Å². The zero-order valence-corrected chi connectivity index (χ0v) is 14.6. The summed E-state index contributed by atoms with van der Waals surface area (Å²) < 4.78 is 0. The van der Waals surface area contributed by atoms with E-state index in [1.54, 1.807) is 28.0 Å². The minimum atomic E-state index is 0.642. The standard InChI is InChI=1S/C17H18N4S2/c1-22-17-19-15(18)14-12-7-8-21(9-11-5-3-2-4-6-11)10-13(12)23-16(14)20-17/h2-6H,7-10H2,1H3,(H2,18,19,20)/p+1. The molecule has 0 aliphatic carbocycles. The molecule has 0 radical (unpaired) electrons. The van der Waals surface area contributed by atoms with Crippen LogP contribution in [-0.2, 0) is 19.5 Å². The van der Waals surface area contributed by atoms with Crippen LogP contribution in [0, 0.1) is 0 Å². The monoisotopic (exact) mass is 343 g/mol. The molecule has 23 heavy (non-hydrogen) atoms. The highest BCUT2D eigenvalue weighted by molar-refractivity contribution is 7.98. The molecule has 1 unspecified atom stereocenters. The van der Waals surface area contributed by atoms with Crippen molar-refractivity contribution in [3.8, 4) is 0 Å². The van der Waals surface area contributed by atoms with E-state index in [-0.39, 0.29) is 0 Å². The van der Waals surface area contributed by atoms with Crippen LogP contribution in [0.25, 0.3) is 10.2 Å². The number of hydrogen-bond donors (Lipinski definition) is 2. The Balaban J connectivity index is 1.65. The molecular formula is C17H19N4S2+. The average Bonchev–Trinajstić information content (AvgIpc) is 2.93. The van der Waals surface area contributed by atoms with Crippen molar-refractivity contribution >= 4 is 39.1 Å². The summed E-state index contributed by atoms with van der Waals surface area (Å²) in [5.41, 5.74) is 8.98. The fraction of sp³-hybridized carbons (Fsp3) is 0.294. The largest absolute Gasteiger partial charge is 0.383 e. The van der Waals surface area contributed by atoms with Crippen LogP contribution in [0.1, 0.15) is 16.0 Å². The Bertz CT molecular complexity index is 845. The van der Waals surface area contributed by atoms with Gasteiger partial charge >= 0.3 is 0 Å². The first-order valence-electron chi connectivity index (χ1n) is 7.74. The van der Waals surface area contributed by atoms with Gasteiger partial charge in [0.15, 0.2) is 5.16 Å². The molecule has 1 atom stereocenters. The van der Waals surface area contributed by atoms with Crippen LogP contribution in [-0.4, -0.2) is 22.8 Å². The van der Waals surface area contributed by atoms with Crippen molar-refractivity contribution in [2.45, 2.75) is 24.7 Å². The van der Waals surface area contributed by atoms with Gasteiger partial charge < -0.3 is 10.6 Å². The third-order valence-corrected chi connectivity index (χ3v) is 6.03. The molecule has 3 heterocycles. The summed E-state index contributed by atoms with van der Waals surface area (Å²) >= 11 is 3.34. The Labute approximate surface area is 143 Å². The summed E-state index contributed by atoms with van der Waals surface area (Å²) in [5.74, 6) is 0.642. The lowest BCUT2D eigenvalue weighted by atomic mass is 10.0. The quantitative estimate of drug-likeness (QED) is 0.565. The summed E-state index contributed by atoms with van der Waals surface area (Å²) in [6, 6.07) is 10.7. The smallest absolute Gasteiger partial charge is 0.190 e. The summed E-state index contributed by atoms with van der Waals surface area (Å²) in [6.07, 6.45) is 3.05. The Morgan fingerprint density at radius 3 is 2.87 bits per heavy atom. The second-order valence-electron chi connectivity index (χ2n) is 5.87. The van der Waals surface area contributed by atoms with Gasteiger partial charge in [-0.3, -0.25) is 0 Å². The normalized spacial score (nSPS) is 17.3. The predicted octanol–water partition coefficient (Wildman–Crippen LogP) is 2.14. The first kappa shape index (κ1) is 14.9. The highest BCUT2D eigenvalue weighted by atomic mass is 32.2. The number of nitrogens with two attached hydrogens (primary N) is 1. The van der Waals surface area contributed by atoms with Gasteiger partial charge in [-0.05, 0) is 11.8 Å². The zero-order valence-electron chi connectivity index (χ0n) is 13.0. The maximum atomic E-state index is 6.19. The summed E-state index contributed by atoms with van der Waals surface area (Å²) in [6.45, 7) is 3.27. The fourth-order valence-corrected chi connectivity index (χ4v) is 4.99. The third kappa shape index (κ3) is 2.82. The number of aromatic nitrogens is 2.